The molecule has 5 rings (SSSR count). The van der Waals surface area contributed by atoms with E-state index in [-0.39, 0.29) is 6.03 Å². The molecule has 188 valence electrons. The van der Waals surface area contributed by atoms with E-state index in [0.29, 0.717) is 40.2 Å². The van der Waals surface area contributed by atoms with E-state index in [1.54, 1.807) is 19.1 Å². The second kappa shape index (κ2) is 10.2. The van der Waals surface area contributed by atoms with Crippen LogP contribution in [0.2, 0.25) is 0 Å². The van der Waals surface area contributed by atoms with Crippen molar-refractivity contribution in [3.05, 3.63) is 95.5 Å². The van der Waals surface area contributed by atoms with Crippen molar-refractivity contribution in [1.82, 2.24) is 15.5 Å². The number of hydrogen-bond donors (Lipinski definition) is 1. The number of allylic oxidation sites excluding steroid dienone is 1. The Labute approximate surface area is 215 Å². The summed E-state index contributed by atoms with van der Waals surface area (Å²) in [5.41, 5.74) is 4.99. The Hall–Kier alpha value is -4.59. The molecule has 4 aromatic rings. The maximum atomic E-state index is 13.4. The van der Waals surface area contributed by atoms with Crippen LogP contribution in [0.3, 0.4) is 0 Å². The third-order valence-corrected chi connectivity index (χ3v) is 6.52. The van der Waals surface area contributed by atoms with Gasteiger partial charge in [-0.3, -0.25) is 4.90 Å². The number of aromatic nitrogens is 2. The summed E-state index contributed by atoms with van der Waals surface area (Å²) in [7, 11) is 3.22. The Morgan fingerprint density at radius 2 is 1.70 bits per heavy atom. The number of urea groups is 1. The van der Waals surface area contributed by atoms with Crippen molar-refractivity contribution in [3.8, 4) is 22.9 Å². The van der Waals surface area contributed by atoms with Gasteiger partial charge in [0.25, 0.3) is 5.89 Å². The lowest BCUT2D eigenvalue weighted by atomic mass is 9.94. The largest absolute Gasteiger partial charge is 0.497 e. The van der Waals surface area contributed by atoms with Gasteiger partial charge in [0.2, 0.25) is 5.82 Å². The van der Waals surface area contributed by atoms with Gasteiger partial charge in [-0.15, -0.1) is 0 Å². The van der Waals surface area contributed by atoms with Gasteiger partial charge in [-0.25, -0.2) is 4.79 Å². The molecular formula is C29H28N4O4. The van der Waals surface area contributed by atoms with Gasteiger partial charge in [-0.05, 0) is 60.9 Å². The number of amides is 2. The molecule has 0 aliphatic carbocycles. The van der Waals surface area contributed by atoms with Crippen LogP contribution in [-0.4, -0.2) is 30.4 Å². The number of benzene rings is 3. The van der Waals surface area contributed by atoms with Gasteiger partial charge in [0, 0.05) is 11.3 Å². The summed E-state index contributed by atoms with van der Waals surface area (Å²) in [6.45, 7) is 3.99. The fourth-order valence-corrected chi connectivity index (χ4v) is 4.47. The van der Waals surface area contributed by atoms with Crippen LogP contribution in [0.25, 0.3) is 17.0 Å². The normalized spacial score (nSPS) is 15.5. The first kappa shape index (κ1) is 24.1. The molecule has 8 heteroatoms. The molecule has 0 radical (unpaired) electrons. The molecule has 1 N–H and O–H groups in total. The lowest BCUT2D eigenvalue weighted by Crippen LogP contribution is -2.46. The maximum Gasteiger partial charge on any atom is 0.326 e. The number of methoxy groups -OCH3 is 2. The lowest BCUT2D eigenvalue weighted by Gasteiger charge is -2.35. The molecule has 0 spiro atoms. The number of nitrogens with one attached hydrogen (secondary N) is 1. The Kier molecular flexibility index (Phi) is 6.64. The molecule has 0 saturated carbocycles. The molecule has 1 atom stereocenters. The Morgan fingerprint density at radius 3 is 2.38 bits per heavy atom. The van der Waals surface area contributed by atoms with Gasteiger partial charge in [0.05, 0.1) is 31.5 Å². The van der Waals surface area contributed by atoms with E-state index in [4.69, 9.17) is 19.0 Å². The number of hydrogen-bond acceptors (Lipinski definition) is 6. The molecular weight excluding hydrogens is 468 g/mol. The highest BCUT2D eigenvalue weighted by Crippen LogP contribution is 2.40. The van der Waals surface area contributed by atoms with E-state index in [9.17, 15) is 4.79 Å². The van der Waals surface area contributed by atoms with Crippen LogP contribution < -0.4 is 19.7 Å². The predicted octanol–water partition coefficient (Wildman–Crippen LogP) is 6.02. The van der Waals surface area contributed by atoms with Crippen molar-refractivity contribution in [2.75, 3.05) is 19.1 Å². The minimum absolute atomic E-state index is 0.269. The fourth-order valence-electron chi connectivity index (χ4n) is 4.47. The molecule has 1 unspecified atom stereocenters. The summed E-state index contributed by atoms with van der Waals surface area (Å²) in [5, 5.41) is 7.38. The van der Waals surface area contributed by atoms with E-state index in [2.05, 4.69) is 29.5 Å². The van der Waals surface area contributed by atoms with Gasteiger partial charge >= 0.3 is 6.03 Å². The van der Waals surface area contributed by atoms with E-state index >= 15 is 0 Å². The number of aryl methyl sites for hydroxylation is 1. The smallest absolute Gasteiger partial charge is 0.326 e. The lowest BCUT2D eigenvalue weighted by molar-refractivity contribution is 0.244. The Balaban J connectivity index is 1.62. The number of ether oxygens (including phenoxy) is 2. The molecule has 8 nitrogen and oxygen atoms in total. The third-order valence-electron chi connectivity index (χ3n) is 6.52. The van der Waals surface area contributed by atoms with Gasteiger partial charge in [-0.2, -0.15) is 4.98 Å². The maximum absolute atomic E-state index is 13.4. The zero-order chi connectivity index (χ0) is 25.9. The van der Waals surface area contributed by atoms with Gasteiger partial charge in [0.1, 0.15) is 11.5 Å². The number of anilines is 1. The summed E-state index contributed by atoms with van der Waals surface area (Å²) in [6.07, 6.45) is 0.951. The first-order chi connectivity index (χ1) is 18.0. The van der Waals surface area contributed by atoms with Gasteiger partial charge in [0.15, 0.2) is 0 Å². The number of carbonyl (C=O) groups is 1. The zero-order valence-electron chi connectivity index (χ0n) is 21.2. The summed E-state index contributed by atoms with van der Waals surface area (Å²) in [4.78, 5) is 19.8. The highest BCUT2D eigenvalue weighted by molar-refractivity contribution is 6.01. The van der Waals surface area contributed by atoms with Crippen LogP contribution in [0, 0.1) is 0 Å². The van der Waals surface area contributed by atoms with Crippen molar-refractivity contribution in [3.63, 3.8) is 0 Å². The second-order valence-corrected chi connectivity index (χ2v) is 8.67. The molecule has 2 heterocycles. The molecule has 0 saturated heterocycles. The van der Waals surface area contributed by atoms with Crippen molar-refractivity contribution >= 4 is 17.3 Å². The number of rotatable bonds is 7. The molecule has 3 aromatic carbocycles. The van der Waals surface area contributed by atoms with E-state index in [0.717, 1.165) is 17.5 Å². The predicted molar refractivity (Wildman–Crippen MR) is 141 cm³/mol. The van der Waals surface area contributed by atoms with Crippen LogP contribution >= 0.6 is 0 Å². The molecule has 0 bridgehead atoms. The highest BCUT2D eigenvalue weighted by atomic mass is 16.5. The topological polar surface area (TPSA) is 89.7 Å². The number of nitrogens with zero attached hydrogens (tertiary/aromatic N) is 3. The zero-order valence-corrected chi connectivity index (χ0v) is 21.2. The quantitative estimate of drug-likeness (QED) is 0.337. The van der Waals surface area contributed by atoms with Crippen LogP contribution in [0.15, 0.2) is 83.0 Å². The average Bonchev–Trinajstić information content (AvgIpc) is 3.43. The molecule has 1 aliphatic heterocycles. The highest BCUT2D eigenvalue weighted by Gasteiger charge is 2.36. The fraction of sp³-hybridized carbons (Fsp3) is 0.207. The van der Waals surface area contributed by atoms with Crippen LogP contribution in [0.4, 0.5) is 10.5 Å². The standard InChI is InChI=1S/C29H28N4O4/c1-5-19-9-11-20(12-10-19)27-31-28(37-32-27)25-18(2)33(22-13-15-23(35-3)16-14-22)29(34)30-26(25)21-7-6-8-24(17-21)36-4/h6-17,26H,5H2,1-4H3,(H,30,34). The van der Waals surface area contributed by atoms with Crippen LogP contribution in [0.1, 0.15) is 36.9 Å². The first-order valence-electron chi connectivity index (χ1n) is 12.0. The first-order valence-corrected chi connectivity index (χ1v) is 12.0. The third kappa shape index (κ3) is 4.65. The molecule has 2 amide bonds. The molecule has 1 aliphatic rings. The Morgan fingerprint density at radius 1 is 0.973 bits per heavy atom. The van der Waals surface area contributed by atoms with Gasteiger partial charge < -0.3 is 19.3 Å². The van der Waals surface area contributed by atoms with Crippen molar-refractivity contribution in [2.24, 2.45) is 0 Å². The monoisotopic (exact) mass is 496 g/mol. The average molecular weight is 497 g/mol. The minimum Gasteiger partial charge on any atom is -0.497 e. The summed E-state index contributed by atoms with van der Waals surface area (Å²) in [6, 6.07) is 22.2. The van der Waals surface area contributed by atoms with E-state index in [1.807, 2.05) is 67.6 Å². The second-order valence-electron chi connectivity index (χ2n) is 8.67. The van der Waals surface area contributed by atoms with Crippen molar-refractivity contribution in [2.45, 2.75) is 26.3 Å². The van der Waals surface area contributed by atoms with Crippen LogP contribution in [0.5, 0.6) is 11.5 Å². The van der Waals surface area contributed by atoms with Gasteiger partial charge in [-0.1, -0.05) is 48.5 Å². The SMILES string of the molecule is CCc1ccc(-c2noc(C3=C(C)N(c4ccc(OC)cc4)C(=O)NC3c3cccc(OC)c3)n2)cc1. The summed E-state index contributed by atoms with van der Waals surface area (Å²) < 4.78 is 16.5. The minimum atomic E-state index is -0.520. The van der Waals surface area contributed by atoms with Crippen LogP contribution in [-0.2, 0) is 6.42 Å². The van der Waals surface area contributed by atoms with Crippen molar-refractivity contribution < 1.29 is 18.8 Å². The molecule has 37 heavy (non-hydrogen) atoms. The number of carbonyl (C=O) groups excluding carboxylic acids is 1. The molecule has 1 aromatic heterocycles. The summed E-state index contributed by atoms with van der Waals surface area (Å²) in [5.74, 6) is 2.20. The molecule has 0 fully saturated rings. The van der Waals surface area contributed by atoms with Crippen molar-refractivity contribution in [1.29, 1.82) is 0 Å². The summed E-state index contributed by atoms with van der Waals surface area (Å²) >= 11 is 0. The van der Waals surface area contributed by atoms with E-state index < -0.39 is 6.04 Å². The Bertz CT molecular complexity index is 1440. The van der Waals surface area contributed by atoms with E-state index in [1.165, 1.54) is 5.56 Å².